The van der Waals surface area contributed by atoms with Crippen LogP contribution in [0, 0.1) is 0 Å². The number of piperidine rings is 1. The van der Waals surface area contributed by atoms with E-state index in [0.29, 0.717) is 24.1 Å². The average Bonchev–Trinajstić information content (AvgIpc) is 3.21. The quantitative estimate of drug-likeness (QED) is 0.589. The molecule has 30 heavy (non-hydrogen) atoms. The third-order valence-electron chi connectivity index (χ3n) is 6.63. The maximum absolute atomic E-state index is 5.54. The van der Waals surface area contributed by atoms with Gasteiger partial charge in [-0.2, -0.15) is 0 Å². The van der Waals surface area contributed by atoms with E-state index in [1.54, 1.807) is 0 Å². The second kappa shape index (κ2) is 8.47. The number of hydrogen-bond acceptors (Lipinski definition) is 7. The maximum Gasteiger partial charge on any atom is 0.223 e. The average molecular weight is 409 g/mol. The van der Waals surface area contributed by atoms with Crippen molar-refractivity contribution in [3.8, 4) is 0 Å². The molecule has 1 aromatic carbocycles. The van der Waals surface area contributed by atoms with Crippen molar-refractivity contribution >= 4 is 27.8 Å². The van der Waals surface area contributed by atoms with E-state index in [1.807, 2.05) is 18.3 Å². The lowest BCUT2D eigenvalue weighted by Crippen LogP contribution is -2.46. The van der Waals surface area contributed by atoms with Crippen LogP contribution in [0.15, 0.2) is 22.9 Å². The molecule has 2 fully saturated rings. The number of hydrogen-bond donors (Lipinski definition) is 3. The molecule has 3 N–H and O–H groups in total. The van der Waals surface area contributed by atoms with E-state index in [1.165, 1.54) is 25.7 Å². The van der Waals surface area contributed by atoms with Crippen molar-refractivity contribution in [1.29, 1.82) is 0 Å². The predicted molar refractivity (Wildman–Crippen MR) is 120 cm³/mol. The van der Waals surface area contributed by atoms with Crippen molar-refractivity contribution in [3.05, 3.63) is 24.0 Å². The van der Waals surface area contributed by atoms with Gasteiger partial charge in [-0.25, -0.2) is 9.97 Å². The predicted octanol–water partition coefficient (Wildman–Crippen LogP) is 3.96. The van der Waals surface area contributed by atoms with Gasteiger partial charge in [-0.3, -0.25) is 0 Å². The minimum atomic E-state index is 0.283. The summed E-state index contributed by atoms with van der Waals surface area (Å²) in [6, 6.07) is 5.73. The number of aromatic nitrogens is 3. The lowest BCUT2D eigenvalue weighted by Gasteiger charge is -2.34. The van der Waals surface area contributed by atoms with Crippen molar-refractivity contribution < 1.29 is 4.52 Å². The molecule has 2 aromatic heterocycles. The first-order chi connectivity index (χ1) is 14.7. The van der Waals surface area contributed by atoms with Crippen molar-refractivity contribution in [1.82, 2.24) is 25.8 Å². The third-order valence-corrected chi connectivity index (χ3v) is 6.63. The summed E-state index contributed by atoms with van der Waals surface area (Å²) in [5, 5.41) is 17.2. The summed E-state index contributed by atoms with van der Waals surface area (Å²) < 4.78 is 5.54. The Hall–Kier alpha value is -2.25. The van der Waals surface area contributed by atoms with Gasteiger partial charge < -0.3 is 20.5 Å². The van der Waals surface area contributed by atoms with Crippen LogP contribution in [-0.2, 0) is 0 Å². The molecule has 1 aliphatic heterocycles. The van der Waals surface area contributed by atoms with Crippen LogP contribution in [0.4, 0.5) is 5.95 Å². The Morgan fingerprint density at radius 2 is 1.73 bits per heavy atom. The van der Waals surface area contributed by atoms with E-state index in [0.717, 1.165) is 53.5 Å². The monoisotopic (exact) mass is 408 g/mol. The largest absolute Gasteiger partial charge is 0.356 e. The highest BCUT2D eigenvalue weighted by atomic mass is 16.5. The van der Waals surface area contributed by atoms with Crippen molar-refractivity contribution in [2.45, 2.75) is 76.4 Å². The fourth-order valence-electron chi connectivity index (χ4n) is 4.92. The van der Waals surface area contributed by atoms with Crippen LogP contribution in [0.5, 0.6) is 0 Å². The van der Waals surface area contributed by atoms with Gasteiger partial charge in [0, 0.05) is 29.7 Å². The molecule has 0 atom stereocenters. The molecule has 5 rings (SSSR count). The number of benzene rings is 1. The van der Waals surface area contributed by atoms with E-state index >= 15 is 0 Å². The van der Waals surface area contributed by atoms with Crippen LogP contribution >= 0.6 is 0 Å². The molecular formula is C23H32N6O. The van der Waals surface area contributed by atoms with Crippen molar-refractivity contribution in [2.75, 3.05) is 18.4 Å². The second-order valence-corrected chi connectivity index (χ2v) is 9.18. The summed E-state index contributed by atoms with van der Waals surface area (Å²) in [6.07, 6.45) is 9.13. The molecule has 7 heteroatoms. The van der Waals surface area contributed by atoms with Crippen molar-refractivity contribution in [3.63, 3.8) is 0 Å². The Bertz CT molecular complexity index is 1000. The lowest BCUT2D eigenvalue weighted by atomic mass is 9.90. The molecule has 0 amide bonds. The lowest BCUT2D eigenvalue weighted by molar-refractivity contribution is 0.289. The molecule has 2 aliphatic rings. The molecule has 1 saturated heterocycles. The highest BCUT2D eigenvalue weighted by molar-refractivity contribution is 6.04. The summed E-state index contributed by atoms with van der Waals surface area (Å²) in [7, 11) is 0. The normalized spacial score (nSPS) is 23.4. The third kappa shape index (κ3) is 4.01. The van der Waals surface area contributed by atoms with Crippen LogP contribution in [0.3, 0.4) is 0 Å². The van der Waals surface area contributed by atoms with E-state index in [-0.39, 0.29) is 5.92 Å². The second-order valence-electron chi connectivity index (χ2n) is 9.18. The fraction of sp³-hybridized carbons (Fsp3) is 0.609. The SMILES string of the molecule is CC(C)c1noc2ccc3cnc(NC4CCC(NC5CCNCC5)CC4)nc3c12. The minimum Gasteiger partial charge on any atom is -0.356 e. The maximum atomic E-state index is 5.54. The number of nitrogens with one attached hydrogen (secondary N) is 3. The van der Waals surface area contributed by atoms with Gasteiger partial charge >= 0.3 is 0 Å². The van der Waals surface area contributed by atoms with Gasteiger partial charge in [0.25, 0.3) is 0 Å². The van der Waals surface area contributed by atoms with Crippen molar-refractivity contribution in [2.24, 2.45) is 0 Å². The highest BCUT2D eigenvalue weighted by Crippen LogP contribution is 2.31. The summed E-state index contributed by atoms with van der Waals surface area (Å²) in [5.41, 5.74) is 2.68. The number of nitrogens with zero attached hydrogens (tertiary/aromatic N) is 3. The summed E-state index contributed by atoms with van der Waals surface area (Å²) in [5.74, 6) is 0.992. The zero-order chi connectivity index (χ0) is 20.5. The highest BCUT2D eigenvalue weighted by Gasteiger charge is 2.24. The van der Waals surface area contributed by atoms with Crippen LogP contribution in [-0.4, -0.2) is 46.3 Å². The van der Waals surface area contributed by atoms with Crippen LogP contribution < -0.4 is 16.0 Å². The molecule has 0 radical (unpaired) electrons. The number of anilines is 1. The Morgan fingerprint density at radius 1 is 1.00 bits per heavy atom. The van der Waals surface area contributed by atoms with Crippen LogP contribution in [0.2, 0.25) is 0 Å². The van der Waals surface area contributed by atoms with Gasteiger partial charge in [0.05, 0.1) is 16.6 Å². The Balaban J connectivity index is 1.28. The summed E-state index contributed by atoms with van der Waals surface area (Å²) in [6.45, 7) is 6.55. The zero-order valence-corrected chi connectivity index (χ0v) is 17.9. The smallest absolute Gasteiger partial charge is 0.223 e. The number of rotatable bonds is 5. The fourth-order valence-corrected chi connectivity index (χ4v) is 4.92. The molecular weight excluding hydrogens is 376 g/mol. The molecule has 1 aliphatic carbocycles. The first-order valence-electron chi connectivity index (χ1n) is 11.5. The van der Waals surface area contributed by atoms with Gasteiger partial charge in [0.2, 0.25) is 5.95 Å². The molecule has 7 nitrogen and oxygen atoms in total. The molecule has 160 valence electrons. The topological polar surface area (TPSA) is 87.9 Å². The van der Waals surface area contributed by atoms with Gasteiger partial charge in [-0.05, 0) is 69.7 Å². The Kier molecular flexibility index (Phi) is 5.56. The van der Waals surface area contributed by atoms with Gasteiger partial charge in [-0.15, -0.1) is 0 Å². The Morgan fingerprint density at radius 3 is 2.50 bits per heavy atom. The van der Waals surface area contributed by atoms with Crippen LogP contribution in [0.25, 0.3) is 21.9 Å². The molecule has 0 bridgehead atoms. The van der Waals surface area contributed by atoms with Gasteiger partial charge in [0.15, 0.2) is 5.58 Å². The Labute approximate surface area is 177 Å². The zero-order valence-electron chi connectivity index (χ0n) is 17.9. The molecule has 0 spiro atoms. The summed E-state index contributed by atoms with van der Waals surface area (Å²) >= 11 is 0. The number of fused-ring (bicyclic) bond motifs is 3. The summed E-state index contributed by atoms with van der Waals surface area (Å²) in [4.78, 5) is 9.46. The molecule has 3 aromatic rings. The van der Waals surface area contributed by atoms with E-state index in [9.17, 15) is 0 Å². The minimum absolute atomic E-state index is 0.283. The van der Waals surface area contributed by atoms with Crippen LogP contribution in [0.1, 0.15) is 64.0 Å². The standard InChI is InChI=1S/C23H32N6O/c1-14(2)21-20-19(30-29-21)8-3-15-13-25-23(28-22(15)20)27-17-6-4-16(5-7-17)26-18-9-11-24-12-10-18/h3,8,13-14,16-18,24,26H,4-7,9-12H2,1-2H3,(H,25,27,28). The van der Waals surface area contributed by atoms with E-state index in [4.69, 9.17) is 9.51 Å². The van der Waals surface area contributed by atoms with Gasteiger partial charge in [0.1, 0.15) is 0 Å². The molecule has 1 saturated carbocycles. The first-order valence-corrected chi connectivity index (χ1v) is 11.5. The van der Waals surface area contributed by atoms with E-state index < -0.39 is 0 Å². The first kappa shape index (κ1) is 19.7. The molecule has 0 unspecified atom stereocenters. The van der Waals surface area contributed by atoms with E-state index in [2.05, 4.69) is 39.9 Å². The van der Waals surface area contributed by atoms with Gasteiger partial charge in [-0.1, -0.05) is 19.0 Å². The molecule has 3 heterocycles.